The van der Waals surface area contributed by atoms with Crippen molar-refractivity contribution in [2.75, 3.05) is 0 Å². The highest BCUT2D eigenvalue weighted by Gasteiger charge is 2.00. The zero-order valence-electron chi connectivity index (χ0n) is 13.2. The van der Waals surface area contributed by atoms with Crippen molar-refractivity contribution in [3.63, 3.8) is 0 Å². The van der Waals surface area contributed by atoms with Crippen LogP contribution in [0, 0.1) is 0 Å². The number of hydrogen-bond donors (Lipinski definition) is 4. The smallest absolute Gasteiger partial charge is 0.337 e. The SMILES string of the molecule is Cl.O=C(O)c1cccnc1.O=C(O)c1cccnc1.ON=C(Cl)C(Cl)=NO. The molecule has 10 nitrogen and oxygen atoms in total. The second kappa shape index (κ2) is 15.3. The first kappa shape index (κ1) is 26.3. The maximum absolute atomic E-state index is 10.2. The van der Waals surface area contributed by atoms with E-state index in [1.54, 1.807) is 12.1 Å². The minimum absolute atomic E-state index is 0. The fourth-order valence-corrected chi connectivity index (χ4v) is 1.14. The molecule has 0 fully saturated rings. The van der Waals surface area contributed by atoms with Crippen LogP contribution in [-0.2, 0) is 0 Å². The van der Waals surface area contributed by atoms with Gasteiger partial charge in [0.2, 0.25) is 10.3 Å². The second-order valence-corrected chi connectivity index (χ2v) is 4.59. The normalized spacial score (nSPS) is 10.1. The molecule has 0 unspecified atom stereocenters. The summed E-state index contributed by atoms with van der Waals surface area (Å²) in [5.74, 6) is -1.88. The minimum atomic E-state index is -0.942. The number of rotatable bonds is 3. The van der Waals surface area contributed by atoms with Gasteiger partial charge in [-0.3, -0.25) is 9.97 Å². The van der Waals surface area contributed by atoms with Gasteiger partial charge >= 0.3 is 11.9 Å². The summed E-state index contributed by atoms with van der Waals surface area (Å²) in [6, 6.07) is 6.16. The molecule has 0 aromatic carbocycles. The summed E-state index contributed by atoms with van der Waals surface area (Å²) in [5.41, 5.74) is 0.440. The Morgan fingerprint density at radius 3 is 1.30 bits per heavy atom. The molecule has 27 heavy (non-hydrogen) atoms. The Morgan fingerprint density at radius 2 is 1.15 bits per heavy atom. The summed E-state index contributed by atoms with van der Waals surface area (Å²) in [4.78, 5) is 27.6. The van der Waals surface area contributed by atoms with E-state index in [4.69, 9.17) is 43.8 Å². The molecule has 4 N–H and O–H groups in total. The number of halogens is 3. The van der Waals surface area contributed by atoms with Crippen LogP contribution in [-0.4, -0.2) is 52.9 Å². The Balaban J connectivity index is 0. The molecular weight excluding hydrogens is 427 g/mol. The zero-order valence-corrected chi connectivity index (χ0v) is 15.5. The summed E-state index contributed by atoms with van der Waals surface area (Å²) in [6.07, 6.45) is 5.68. The van der Waals surface area contributed by atoms with Crippen molar-refractivity contribution in [1.82, 2.24) is 9.97 Å². The van der Waals surface area contributed by atoms with Gasteiger partial charge in [0.25, 0.3) is 0 Å². The highest BCUT2D eigenvalue weighted by atomic mass is 35.5. The van der Waals surface area contributed by atoms with Crippen molar-refractivity contribution in [2.24, 2.45) is 10.3 Å². The van der Waals surface area contributed by atoms with Gasteiger partial charge in [0.15, 0.2) is 0 Å². The molecule has 0 saturated heterocycles. The van der Waals surface area contributed by atoms with E-state index in [1.165, 1.54) is 36.9 Å². The molecule has 0 radical (unpaired) electrons. The second-order valence-electron chi connectivity index (χ2n) is 3.88. The number of aromatic nitrogens is 2. The van der Waals surface area contributed by atoms with Crippen LogP contribution in [0.15, 0.2) is 59.4 Å². The third kappa shape index (κ3) is 12.1. The van der Waals surface area contributed by atoms with Crippen molar-refractivity contribution < 1.29 is 30.2 Å². The molecule has 13 heteroatoms. The summed E-state index contributed by atoms with van der Waals surface area (Å²) in [7, 11) is 0. The van der Waals surface area contributed by atoms with E-state index in [-0.39, 0.29) is 23.5 Å². The fraction of sp³-hybridized carbons (Fsp3) is 0. The van der Waals surface area contributed by atoms with Crippen LogP contribution in [0.2, 0.25) is 0 Å². The average Bonchev–Trinajstić information content (AvgIpc) is 2.69. The lowest BCUT2D eigenvalue weighted by Crippen LogP contribution is -1.97. The van der Waals surface area contributed by atoms with Crippen molar-refractivity contribution in [1.29, 1.82) is 0 Å². The Bertz CT molecular complexity index is 694. The number of carboxylic acid groups (broad SMARTS) is 2. The van der Waals surface area contributed by atoms with Gasteiger partial charge in [0, 0.05) is 24.8 Å². The van der Waals surface area contributed by atoms with E-state index >= 15 is 0 Å². The third-order valence-corrected chi connectivity index (χ3v) is 2.77. The maximum Gasteiger partial charge on any atom is 0.337 e. The molecule has 0 spiro atoms. The van der Waals surface area contributed by atoms with Gasteiger partial charge in [-0.05, 0) is 24.3 Å². The van der Waals surface area contributed by atoms with Crippen molar-refractivity contribution in [2.45, 2.75) is 0 Å². The molecule has 0 aliphatic carbocycles. The average molecular weight is 440 g/mol. The van der Waals surface area contributed by atoms with Crippen LogP contribution >= 0.6 is 35.6 Å². The number of pyridine rings is 2. The van der Waals surface area contributed by atoms with Gasteiger partial charge in [-0.15, -0.1) is 12.4 Å². The lowest BCUT2D eigenvalue weighted by Gasteiger charge is -1.87. The topological polar surface area (TPSA) is 166 Å². The van der Waals surface area contributed by atoms with E-state index in [0.29, 0.717) is 0 Å². The van der Waals surface area contributed by atoms with E-state index in [1.807, 2.05) is 0 Å². The highest BCUT2D eigenvalue weighted by molar-refractivity contribution is 7.00. The predicted molar refractivity (Wildman–Crippen MR) is 99.8 cm³/mol. The lowest BCUT2D eigenvalue weighted by molar-refractivity contribution is 0.0685. The van der Waals surface area contributed by atoms with Crippen LogP contribution in [0.4, 0.5) is 0 Å². The maximum atomic E-state index is 10.2. The molecule has 0 bridgehead atoms. The molecule has 0 atom stereocenters. The van der Waals surface area contributed by atoms with E-state index in [2.05, 4.69) is 20.3 Å². The Labute approximate surface area is 168 Å². The summed E-state index contributed by atoms with van der Waals surface area (Å²) >= 11 is 9.99. The van der Waals surface area contributed by atoms with Crippen molar-refractivity contribution >= 4 is 57.9 Å². The van der Waals surface area contributed by atoms with Gasteiger partial charge in [-0.2, -0.15) is 0 Å². The molecule has 0 saturated carbocycles. The van der Waals surface area contributed by atoms with Crippen LogP contribution in [0.1, 0.15) is 20.7 Å². The first-order valence-electron chi connectivity index (χ1n) is 6.35. The number of aromatic carboxylic acids is 2. The van der Waals surface area contributed by atoms with Gasteiger partial charge in [-0.25, -0.2) is 9.59 Å². The van der Waals surface area contributed by atoms with E-state index in [9.17, 15) is 9.59 Å². The highest BCUT2D eigenvalue weighted by Crippen LogP contribution is 1.94. The monoisotopic (exact) mass is 438 g/mol. The number of hydrogen-bond acceptors (Lipinski definition) is 8. The number of carboxylic acids is 2. The Morgan fingerprint density at radius 1 is 0.815 bits per heavy atom. The molecule has 2 rings (SSSR count). The number of oxime groups is 2. The molecule has 2 aromatic heterocycles. The van der Waals surface area contributed by atoms with Gasteiger partial charge in [0.05, 0.1) is 11.1 Å². The summed E-state index contributed by atoms with van der Waals surface area (Å²) < 4.78 is 0. The quantitative estimate of drug-likeness (QED) is 0.322. The molecule has 2 heterocycles. The third-order valence-electron chi connectivity index (χ3n) is 2.16. The largest absolute Gasteiger partial charge is 0.478 e. The van der Waals surface area contributed by atoms with Crippen LogP contribution in [0.25, 0.3) is 0 Å². The summed E-state index contributed by atoms with van der Waals surface area (Å²) in [6.45, 7) is 0. The van der Waals surface area contributed by atoms with Gasteiger partial charge in [-0.1, -0.05) is 33.5 Å². The minimum Gasteiger partial charge on any atom is -0.478 e. The van der Waals surface area contributed by atoms with Gasteiger partial charge < -0.3 is 20.6 Å². The van der Waals surface area contributed by atoms with Crippen LogP contribution in [0.3, 0.4) is 0 Å². The van der Waals surface area contributed by atoms with Crippen LogP contribution in [0.5, 0.6) is 0 Å². The predicted octanol–water partition coefficient (Wildman–Crippen LogP) is 3.02. The fourth-order valence-electron chi connectivity index (χ4n) is 1.06. The summed E-state index contributed by atoms with van der Waals surface area (Å²) in [5, 5.41) is 36.3. The first-order valence-corrected chi connectivity index (χ1v) is 7.11. The molecule has 0 aliphatic rings. The zero-order chi connectivity index (χ0) is 19.9. The number of nitrogens with zero attached hydrogens (tertiary/aromatic N) is 4. The van der Waals surface area contributed by atoms with E-state index in [0.717, 1.165) is 0 Å². The van der Waals surface area contributed by atoms with Crippen molar-refractivity contribution in [3.8, 4) is 0 Å². The Hall–Kier alpha value is -2.95. The molecule has 0 amide bonds. The number of carbonyl (C=O) groups is 2. The van der Waals surface area contributed by atoms with Crippen molar-refractivity contribution in [3.05, 3.63) is 60.2 Å². The molecule has 0 aliphatic heterocycles. The standard InChI is InChI=1S/2C6H5NO2.C2H2Cl2N2O2.ClH/c2*8-6(9)5-2-1-3-7-4-5;3-1(5-7)2(4)6-8;/h2*1-4H,(H,8,9);7-8H;1H. The van der Waals surface area contributed by atoms with Crippen LogP contribution < -0.4 is 0 Å². The van der Waals surface area contributed by atoms with E-state index < -0.39 is 22.3 Å². The Kier molecular flexibility index (Phi) is 14.9. The molecule has 146 valence electrons. The molecule has 2 aromatic rings. The molecular formula is C14H13Cl3N4O6. The lowest BCUT2D eigenvalue weighted by atomic mass is 10.3. The van der Waals surface area contributed by atoms with Gasteiger partial charge in [0.1, 0.15) is 0 Å². The first-order chi connectivity index (χ1) is 12.3.